The van der Waals surface area contributed by atoms with Crippen molar-refractivity contribution in [3.05, 3.63) is 52.8 Å². The highest BCUT2D eigenvalue weighted by Gasteiger charge is 2.19. The highest BCUT2D eigenvalue weighted by molar-refractivity contribution is 7.71. The second kappa shape index (κ2) is 5.05. The third kappa shape index (κ3) is 2.18. The monoisotopic (exact) mass is 286 g/mol. The zero-order valence-corrected chi connectivity index (χ0v) is 12.0. The minimum Gasteiger partial charge on any atom is -0.464 e. The molecule has 0 saturated carbocycles. The average molecular weight is 286 g/mol. The van der Waals surface area contributed by atoms with E-state index in [0.29, 0.717) is 10.6 Å². The van der Waals surface area contributed by atoms with E-state index in [-0.39, 0.29) is 6.04 Å². The summed E-state index contributed by atoms with van der Waals surface area (Å²) >= 11 is 5.33. The van der Waals surface area contributed by atoms with Gasteiger partial charge >= 0.3 is 0 Å². The van der Waals surface area contributed by atoms with Crippen LogP contribution < -0.4 is 0 Å². The lowest BCUT2D eigenvalue weighted by Gasteiger charge is -2.12. The molecular weight excluding hydrogens is 272 g/mol. The van der Waals surface area contributed by atoms with Crippen LogP contribution in [-0.4, -0.2) is 19.7 Å². The Labute approximate surface area is 121 Å². The predicted octanol–water partition coefficient (Wildman–Crippen LogP) is 3.51. The molecule has 1 unspecified atom stereocenters. The molecule has 0 aliphatic rings. The van der Waals surface area contributed by atoms with E-state index < -0.39 is 0 Å². The van der Waals surface area contributed by atoms with Crippen LogP contribution >= 0.6 is 12.2 Å². The highest BCUT2D eigenvalue weighted by Crippen LogP contribution is 2.25. The summed E-state index contributed by atoms with van der Waals surface area (Å²) in [6, 6.07) is 9.54. The maximum Gasteiger partial charge on any atom is 0.196 e. The molecule has 5 nitrogen and oxygen atoms in total. The topological polar surface area (TPSA) is 59.6 Å². The summed E-state index contributed by atoms with van der Waals surface area (Å²) in [6.07, 6.45) is 1.74. The summed E-state index contributed by atoms with van der Waals surface area (Å²) in [6.45, 7) is 3.94. The van der Waals surface area contributed by atoms with Crippen LogP contribution in [0.3, 0.4) is 0 Å². The van der Waals surface area contributed by atoms with Gasteiger partial charge in [0.25, 0.3) is 0 Å². The molecule has 0 amide bonds. The third-order valence-corrected chi connectivity index (χ3v) is 3.45. The largest absolute Gasteiger partial charge is 0.464 e. The lowest BCUT2D eigenvalue weighted by atomic mass is 10.2. The summed E-state index contributed by atoms with van der Waals surface area (Å²) < 4.78 is 8.15. The van der Waals surface area contributed by atoms with E-state index in [4.69, 9.17) is 16.6 Å². The fraction of sp³-hybridized carbons (Fsp3) is 0.214. The van der Waals surface area contributed by atoms with Gasteiger partial charge in [-0.3, -0.25) is 14.6 Å². The Morgan fingerprint density at radius 1 is 1.30 bits per heavy atom. The molecule has 3 aromatic rings. The van der Waals surface area contributed by atoms with Gasteiger partial charge in [0.1, 0.15) is 17.2 Å². The Morgan fingerprint density at radius 2 is 2.15 bits per heavy atom. The predicted molar refractivity (Wildman–Crippen MR) is 77.9 cm³/mol. The first-order chi connectivity index (χ1) is 9.66. The summed E-state index contributed by atoms with van der Waals surface area (Å²) in [5.74, 6) is 2.43. The fourth-order valence-electron chi connectivity index (χ4n) is 2.14. The number of aromatic nitrogens is 4. The lowest BCUT2D eigenvalue weighted by molar-refractivity contribution is 0.428. The quantitative estimate of drug-likeness (QED) is 0.748. The normalized spacial score (nSPS) is 12.5. The van der Waals surface area contributed by atoms with Crippen molar-refractivity contribution in [2.45, 2.75) is 19.9 Å². The molecule has 1 N–H and O–H groups in total. The van der Waals surface area contributed by atoms with Crippen LogP contribution in [-0.2, 0) is 0 Å². The Hall–Kier alpha value is -2.21. The zero-order chi connectivity index (χ0) is 14.1. The first kappa shape index (κ1) is 12.8. The first-order valence-corrected chi connectivity index (χ1v) is 6.72. The molecule has 3 aromatic heterocycles. The number of furan rings is 1. The zero-order valence-electron chi connectivity index (χ0n) is 11.2. The van der Waals surface area contributed by atoms with Crippen molar-refractivity contribution in [3.63, 3.8) is 0 Å². The molecule has 3 rings (SSSR count). The van der Waals surface area contributed by atoms with Crippen molar-refractivity contribution in [1.82, 2.24) is 19.7 Å². The van der Waals surface area contributed by atoms with Crippen LogP contribution in [0, 0.1) is 11.7 Å². The van der Waals surface area contributed by atoms with E-state index in [1.54, 1.807) is 6.20 Å². The molecule has 0 aliphatic heterocycles. The SMILES string of the molecule is Cc1ccc(C(C)n2c(-c3ccccn3)n[nH]c2=S)o1. The molecule has 0 bridgehead atoms. The van der Waals surface area contributed by atoms with Gasteiger partial charge in [-0.2, -0.15) is 5.10 Å². The van der Waals surface area contributed by atoms with Crippen LogP contribution in [0.4, 0.5) is 0 Å². The van der Waals surface area contributed by atoms with Crippen molar-refractivity contribution in [3.8, 4) is 11.5 Å². The number of nitrogens with one attached hydrogen (secondary N) is 1. The molecule has 0 aromatic carbocycles. The summed E-state index contributed by atoms with van der Waals surface area (Å²) in [5, 5.41) is 7.11. The van der Waals surface area contributed by atoms with Crippen molar-refractivity contribution < 1.29 is 4.42 Å². The van der Waals surface area contributed by atoms with Crippen LogP contribution in [0.25, 0.3) is 11.5 Å². The van der Waals surface area contributed by atoms with Crippen LogP contribution in [0.15, 0.2) is 40.9 Å². The van der Waals surface area contributed by atoms with E-state index in [1.807, 2.05) is 48.7 Å². The van der Waals surface area contributed by atoms with Gasteiger partial charge in [0.05, 0.1) is 6.04 Å². The molecule has 20 heavy (non-hydrogen) atoms. The lowest BCUT2D eigenvalue weighted by Crippen LogP contribution is -2.08. The Bertz CT molecular complexity index is 772. The number of H-pyrrole nitrogens is 1. The van der Waals surface area contributed by atoms with Crippen LogP contribution in [0.1, 0.15) is 24.5 Å². The van der Waals surface area contributed by atoms with E-state index in [0.717, 1.165) is 17.2 Å². The molecule has 102 valence electrons. The molecule has 3 heterocycles. The number of nitrogens with zero attached hydrogens (tertiary/aromatic N) is 3. The summed E-state index contributed by atoms with van der Waals surface area (Å²) in [5.41, 5.74) is 0.773. The van der Waals surface area contributed by atoms with Gasteiger partial charge in [-0.25, -0.2) is 0 Å². The molecule has 0 saturated heterocycles. The molecule has 6 heteroatoms. The molecule has 1 atom stereocenters. The first-order valence-electron chi connectivity index (χ1n) is 6.31. The average Bonchev–Trinajstić information content (AvgIpc) is 3.05. The Kier molecular flexibility index (Phi) is 3.23. The smallest absolute Gasteiger partial charge is 0.196 e. The fourth-order valence-corrected chi connectivity index (χ4v) is 2.44. The number of pyridine rings is 1. The van der Waals surface area contributed by atoms with E-state index in [2.05, 4.69) is 15.2 Å². The molecule has 0 aliphatic carbocycles. The van der Waals surface area contributed by atoms with Gasteiger partial charge in [0.2, 0.25) is 0 Å². The van der Waals surface area contributed by atoms with Gasteiger partial charge in [0, 0.05) is 6.20 Å². The molecular formula is C14H14N4OS. The van der Waals surface area contributed by atoms with E-state index >= 15 is 0 Å². The number of hydrogen-bond acceptors (Lipinski definition) is 4. The van der Waals surface area contributed by atoms with E-state index in [9.17, 15) is 0 Å². The van der Waals surface area contributed by atoms with Gasteiger partial charge in [-0.1, -0.05) is 6.07 Å². The third-order valence-electron chi connectivity index (χ3n) is 3.16. The van der Waals surface area contributed by atoms with Crippen molar-refractivity contribution in [2.24, 2.45) is 0 Å². The minimum absolute atomic E-state index is 0.0491. The second-order valence-corrected chi connectivity index (χ2v) is 4.95. The Balaban J connectivity index is 2.10. The maximum absolute atomic E-state index is 5.69. The number of aromatic amines is 1. The number of aryl methyl sites for hydroxylation is 1. The van der Waals surface area contributed by atoms with Gasteiger partial charge in [-0.05, 0) is 50.3 Å². The second-order valence-electron chi connectivity index (χ2n) is 4.56. The summed E-state index contributed by atoms with van der Waals surface area (Å²) in [4.78, 5) is 4.32. The van der Waals surface area contributed by atoms with Crippen molar-refractivity contribution in [2.75, 3.05) is 0 Å². The van der Waals surface area contributed by atoms with Crippen LogP contribution in [0.2, 0.25) is 0 Å². The van der Waals surface area contributed by atoms with Gasteiger partial charge < -0.3 is 4.42 Å². The number of rotatable bonds is 3. The summed E-state index contributed by atoms with van der Waals surface area (Å²) in [7, 11) is 0. The standard InChI is InChI=1S/C14H14N4OS/c1-9-6-7-12(19-9)10(2)18-13(16-17-14(18)20)11-5-3-4-8-15-11/h3-8,10H,1-2H3,(H,17,20). The number of hydrogen-bond donors (Lipinski definition) is 1. The molecule has 0 spiro atoms. The van der Waals surface area contributed by atoms with Crippen molar-refractivity contribution in [1.29, 1.82) is 0 Å². The molecule has 0 radical (unpaired) electrons. The van der Waals surface area contributed by atoms with Gasteiger partial charge in [-0.15, -0.1) is 0 Å². The maximum atomic E-state index is 5.69. The highest BCUT2D eigenvalue weighted by atomic mass is 32.1. The van der Waals surface area contributed by atoms with Crippen molar-refractivity contribution >= 4 is 12.2 Å². The Morgan fingerprint density at radius 3 is 2.80 bits per heavy atom. The van der Waals surface area contributed by atoms with Crippen LogP contribution in [0.5, 0.6) is 0 Å². The minimum atomic E-state index is -0.0491. The molecule has 0 fully saturated rings. The van der Waals surface area contributed by atoms with Gasteiger partial charge in [0.15, 0.2) is 10.6 Å². The van der Waals surface area contributed by atoms with E-state index in [1.165, 1.54) is 0 Å².